The molecular weight excluding hydrogens is 1270 g/mol. The van der Waals surface area contributed by atoms with Crippen molar-refractivity contribution in [2.24, 2.45) is 11.8 Å². The van der Waals surface area contributed by atoms with E-state index in [9.17, 15) is 43.2 Å². The number of phosphoric ester groups is 2. The van der Waals surface area contributed by atoms with Gasteiger partial charge in [0.15, 0.2) is 12.2 Å². The van der Waals surface area contributed by atoms with Crippen LogP contribution in [0.15, 0.2) is 0 Å². The molecule has 0 spiro atoms. The Bertz CT molecular complexity index is 1870. The first kappa shape index (κ1) is 95.1. The lowest BCUT2D eigenvalue weighted by Crippen LogP contribution is -2.30. The lowest BCUT2D eigenvalue weighted by molar-refractivity contribution is -0.161. The molecule has 0 aromatic rings. The van der Waals surface area contributed by atoms with Crippen molar-refractivity contribution in [1.29, 1.82) is 0 Å². The number of rotatable bonds is 77. The first-order chi connectivity index (χ1) is 46.9. The van der Waals surface area contributed by atoms with Gasteiger partial charge in [-0.1, -0.05) is 356 Å². The predicted molar refractivity (Wildman–Crippen MR) is 395 cm³/mol. The van der Waals surface area contributed by atoms with E-state index in [1.165, 1.54) is 218 Å². The van der Waals surface area contributed by atoms with Gasteiger partial charge in [0.05, 0.1) is 26.4 Å². The van der Waals surface area contributed by atoms with Crippen molar-refractivity contribution in [2.45, 2.75) is 426 Å². The van der Waals surface area contributed by atoms with E-state index in [1.54, 1.807) is 0 Å². The summed E-state index contributed by atoms with van der Waals surface area (Å²) in [5.74, 6) is -0.497. The normalized spacial score (nSPS) is 14.0. The van der Waals surface area contributed by atoms with E-state index >= 15 is 0 Å². The van der Waals surface area contributed by atoms with Crippen LogP contribution in [0, 0.1) is 11.8 Å². The largest absolute Gasteiger partial charge is 0.472 e. The van der Waals surface area contributed by atoms with Gasteiger partial charge in [-0.15, -0.1) is 0 Å². The maximum Gasteiger partial charge on any atom is 0.472 e. The third-order valence-corrected chi connectivity index (χ3v) is 20.1. The molecule has 19 heteroatoms. The summed E-state index contributed by atoms with van der Waals surface area (Å²) in [6.07, 6.45) is 58.7. The van der Waals surface area contributed by atoms with Crippen LogP contribution in [0.1, 0.15) is 408 Å². The summed E-state index contributed by atoms with van der Waals surface area (Å²) >= 11 is 0. The van der Waals surface area contributed by atoms with Crippen LogP contribution in [-0.2, 0) is 65.4 Å². The number of carbonyl (C=O) groups excluding carboxylic acids is 4. The molecule has 0 radical (unpaired) electrons. The molecule has 0 fully saturated rings. The van der Waals surface area contributed by atoms with Gasteiger partial charge in [0.2, 0.25) is 0 Å². The van der Waals surface area contributed by atoms with Crippen LogP contribution in [0.2, 0.25) is 0 Å². The minimum Gasteiger partial charge on any atom is -0.462 e. The van der Waals surface area contributed by atoms with E-state index in [0.717, 1.165) is 108 Å². The Morgan fingerprint density at radius 1 is 0.278 bits per heavy atom. The summed E-state index contributed by atoms with van der Waals surface area (Å²) in [7, 11) is -9.90. The highest BCUT2D eigenvalue weighted by atomic mass is 31.2. The zero-order valence-corrected chi connectivity index (χ0v) is 65.2. The fraction of sp³-hybridized carbons (Fsp3) is 0.949. The second-order valence-corrected chi connectivity index (χ2v) is 32.0. The van der Waals surface area contributed by atoms with Crippen molar-refractivity contribution in [3.05, 3.63) is 0 Å². The first-order valence-corrected chi connectivity index (χ1v) is 43.5. The zero-order valence-electron chi connectivity index (χ0n) is 63.4. The molecule has 0 rings (SSSR count). The minimum absolute atomic E-state index is 0.107. The third kappa shape index (κ3) is 72.2. The smallest absolute Gasteiger partial charge is 0.462 e. The highest BCUT2D eigenvalue weighted by molar-refractivity contribution is 7.47. The van der Waals surface area contributed by atoms with Crippen LogP contribution >= 0.6 is 15.6 Å². The van der Waals surface area contributed by atoms with Gasteiger partial charge in [0.1, 0.15) is 19.3 Å². The van der Waals surface area contributed by atoms with E-state index in [1.807, 2.05) is 0 Å². The van der Waals surface area contributed by atoms with Crippen molar-refractivity contribution in [1.82, 2.24) is 0 Å². The van der Waals surface area contributed by atoms with E-state index in [-0.39, 0.29) is 25.7 Å². The summed E-state index contributed by atoms with van der Waals surface area (Å²) < 4.78 is 68.4. The second kappa shape index (κ2) is 69.8. The molecule has 17 nitrogen and oxygen atoms in total. The summed E-state index contributed by atoms with van der Waals surface area (Å²) in [5, 5.41) is 10.6. The lowest BCUT2D eigenvalue weighted by Gasteiger charge is -2.21. The van der Waals surface area contributed by atoms with Crippen molar-refractivity contribution < 1.29 is 80.2 Å². The number of hydrogen-bond donors (Lipinski definition) is 3. The standard InChI is InChI=1S/C78H152O17P2/c1-7-9-11-13-14-15-16-26-34-39-44-50-56-62-77(82)94-73(66-88-75(80)60-54-46-12-10-8-2)68-92-96(84,85)90-64-72(79)65-91-97(86,87)93-69-74(67-89-76(81)61-55-49-43-38-33-29-25-21-23-28-32-37-42-48-53-59-71(5)6)95-78(83)63-57-51-45-40-35-30-24-20-18-17-19-22-27-31-36-41-47-52-58-70(3)4/h70-74,79H,7-69H2,1-6H3,(H,84,85)(H,86,87)/t72-,73+,74+/m0/s1. The summed E-state index contributed by atoms with van der Waals surface area (Å²) in [5.41, 5.74) is 0. The van der Waals surface area contributed by atoms with Gasteiger partial charge in [0, 0.05) is 25.7 Å². The van der Waals surface area contributed by atoms with Crippen molar-refractivity contribution >= 4 is 39.5 Å². The summed E-state index contributed by atoms with van der Waals surface area (Å²) in [6.45, 7) is 9.59. The van der Waals surface area contributed by atoms with Crippen LogP contribution in [0.5, 0.6) is 0 Å². The van der Waals surface area contributed by atoms with Crippen LogP contribution < -0.4 is 0 Å². The van der Waals surface area contributed by atoms with Crippen LogP contribution in [0.3, 0.4) is 0 Å². The van der Waals surface area contributed by atoms with E-state index in [4.69, 9.17) is 37.0 Å². The Labute approximate surface area is 594 Å². The maximum atomic E-state index is 13.1. The SMILES string of the molecule is CCCCCCCCCCCCCCCC(=O)O[C@H](COC(=O)CCCCCCC)COP(=O)(O)OC[C@H](O)COP(=O)(O)OC[C@@H](COC(=O)CCCCCCCCCCCCCCCCCC(C)C)OC(=O)CCCCCCCCCCCCCCCCCCCCC(C)C. The molecule has 0 heterocycles. The second-order valence-electron chi connectivity index (χ2n) is 29.1. The van der Waals surface area contributed by atoms with Gasteiger partial charge >= 0.3 is 39.5 Å². The Balaban J connectivity index is 5.12. The molecule has 5 atom stereocenters. The average Bonchev–Trinajstić information content (AvgIpc) is 1.24. The van der Waals surface area contributed by atoms with E-state index < -0.39 is 97.5 Å². The molecule has 0 aliphatic heterocycles. The van der Waals surface area contributed by atoms with Crippen molar-refractivity contribution in [2.75, 3.05) is 39.6 Å². The predicted octanol–water partition coefficient (Wildman–Crippen LogP) is 23.1. The Morgan fingerprint density at radius 2 is 0.474 bits per heavy atom. The Hall–Kier alpha value is -1.94. The van der Waals surface area contributed by atoms with Gasteiger partial charge in [-0.05, 0) is 37.5 Å². The summed E-state index contributed by atoms with van der Waals surface area (Å²) in [6, 6.07) is 0. The Morgan fingerprint density at radius 3 is 0.701 bits per heavy atom. The summed E-state index contributed by atoms with van der Waals surface area (Å²) in [4.78, 5) is 72.6. The topological polar surface area (TPSA) is 237 Å². The van der Waals surface area contributed by atoms with Crippen molar-refractivity contribution in [3.63, 3.8) is 0 Å². The molecule has 97 heavy (non-hydrogen) atoms. The molecule has 576 valence electrons. The molecule has 0 saturated heterocycles. The highest BCUT2D eigenvalue weighted by Crippen LogP contribution is 2.45. The minimum atomic E-state index is -4.96. The number of unbranched alkanes of at least 4 members (excludes halogenated alkanes) is 47. The quantitative estimate of drug-likeness (QED) is 0.0222. The van der Waals surface area contributed by atoms with Gasteiger partial charge in [0.25, 0.3) is 0 Å². The molecule has 0 aromatic carbocycles. The molecule has 0 amide bonds. The maximum absolute atomic E-state index is 13.1. The van der Waals surface area contributed by atoms with Gasteiger partial charge in [-0.2, -0.15) is 0 Å². The van der Waals surface area contributed by atoms with E-state index in [0.29, 0.717) is 25.7 Å². The Kier molecular flexibility index (Phi) is 68.4. The number of aliphatic hydroxyl groups excluding tert-OH is 1. The number of hydrogen-bond acceptors (Lipinski definition) is 15. The number of aliphatic hydroxyl groups is 1. The molecule has 0 aliphatic carbocycles. The third-order valence-electron chi connectivity index (χ3n) is 18.2. The lowest BCUT2D eigenvalue weighted by atomic mass is 10.0. The monoisotopic (exact) mass is 1420 g/mol. The number of esters is 4. The molecule has 0 aliphatic rings. The molecule has 0 aromatic heterocycles. The fourth-order valence-electron chi connectivity index (χ4n) is 12.0. The van der Waals surface area contributed by atoms with Crippen molar-refractivity contribution in [3.8, 4) is 0 Å². The molecule has 0 bridgehead atoms. The van der Waals surface area contributed by atoms with Crippen LogP contribution in [0.4, 0.5) is 0 Å². The molecular formula is C78H152O17P2. The van der Waals surface area contributed by atoms with Gasteiger partial charge in [-0.3, -0.25) is 37.3 Å². The zero-order chi connectivity index (χ0) is 71.4. The highest BCUT2D eigenvalue weighted by Gasteiger charge is 2.30. The molecule has 2 unspecified atom stereocenters. The number of phosphoric acid groups is 2. The number of carbonyl (C=O) groups is 4. The molecule has 3 N–H and O–H groups in total. The number of ether oxygens (including phenoxy) is 4. The van der Waals surface area contributed by atoms with E-state index in [2.05, 4.69) is 41.5 Å². The van der Waals surface area contributed by atoms with Gasteiger partial charge in [-0.25, -0.2) is 9.13 Å². The van der Waals surface area contributed by atoms with Gasteiger partial charge < -0.3 is 33.8 Å². The van der Waals surface area contributed by atoms with Crippen LogP contribution in [0.25, 0.3) is 0 Å². The average molecular weight is 1420 g/mol. The first-order valence-electron chi connectivity index (χ1n) is 40.5. The molecule has 0 saturated carbocycles. The fourth-order valence-corrected chi connectivity index (χ4v) is 13.6. The van der Waals surface area contributed by atoms with Crippen LogP contribution in [-0.4, -0.2) is 96.7 Å².